The van der Waals surface area contributed by atoms with Crippen LogP contribution in [0.15, 0.2) is 0 Å². The van der Waals surface area contributed by atoms with Gasteiger partial charge in [-0.2, -0.15) is 13.2 Å². The van der Waals surface area contributed by atoms with E-state index in [1.165, 1.54) is 4.90 Å². The maximum absolute atomic E-state index is 12.7. The molecule has 2 amide bonds. The first kappa shape index (κ1) is 17.5. The Morgan fingerprint density at radius 3 is 2.29 bits per heavy atom. The summed E-state index contributed by atoms with van der Waals surface area (Å²) in [6.45, 7) is 0.963. The summed E-state index contributed by atoms with van der Waals surface area (Å²) in [4.78, 5) is 27.3. The highest BCUT2D eigenvalue weighted by Gasteiger charge is 2.44. The topological polar surface area (TPSA) is 52.7 Å². The highest BCUT2D eigenvalue weighted by Crippen LogP contribution is 2.37. The molecule has 24 heavy (non-hydrogen) atoms. The molecule has 136 valence electrons. The maximum atomic E-state index is 12.7. The number of alkyl halides is 3. The van der Waals surface area contributed by atoms with Crippen molar-refractivity contribution in [3.63, 3.8) is 0 Å². The Hall–Kier alpha value is -1.31. The van der Waals surface area contributed by atoms with E-state index in [-0.39, 0.29) is 42.8 Å². The van der Waals surface area contributed by atoms with Crippen molar-refractivity contribution in [2.24, 2.45) is 5.92 Å². The van der Waals surface area contributed by atoms with Gasteiger partial charge in [-0.15, -0.1) is 0 Å². The van der Waals surface area contributed by atoms with Crippen LogP contribution in [0.1, 0.15) is 38.5 Å². The van der Waals surface area contributed by atoms with Gasteiger partial charge in [-0.25, -0.2) is 0 Å². The Bertz CT molecular complexity index is 497. The van der Waals surface area contributed by atoms with Gasteiger partial charge in [0.2, 0.25) is 11.8 Å². The molecule has 5 nitrogen and oxygen atoms in total. The van der Waals surface area contributed by atoms with Gasteiger partial charge < -0.3 is 15.1 Å². The summed E-state index contributed by atoms with van der Waals surface area (Å²) in [6.07, 6.45) is -1.19. The summed E-state index contributed by atoms with van der Waals surface area (Å²) < 4.78 is 38.1. The monoisotopic (exact) mass is 347 g/mol. The predicted octanol–water partition coefficient (Wildman–Crippen LogP) is 1.53. The van der Waals surface area contributed by atoms with Crippen molar-refractivity contribution in [3.8, 4) is 0 Å². The zero-order valence-electron chi connectivity index (χ0n) is 13.8. The van der Waals surface area contributed by atoms with Crippen molar-refractivity contribution >= 4 is 11.8 Å². The number of carbonyl (C=O) groups is 2. The average molecular weight is 347 g/mol. The summed E-state index contributed by atoms with van der Waals surface area (Å²) in [5.41, 5.74) is 0. The second-order valence-electron chi connectivity index (χ2n) is 7.24. The second-order valence-corrected chi connectivity index (χ2v) is 7.24. The fourth-order valence-electron chi connectivity index (χ4n) is 4.00. The van der Waals surface area contributed by atoms with E-state index in [9.17, 15) is 22.8 Å². The largest absolute Gasteiger partial charge is 0.391 e. The minimum Gasteiger partial charge on any atom is -0.351 e. The van der Waals surface area contributed by atoms with Crippen LogP contribution < -0.4 is 5.32 Å². The van der Waals surface area contributed by atoms with Gasteiger partial charge in [-0.3, -0.25) is 9.59 Å². The molecule has 0 spiro atoms. The number of carbonyl (C=O) groups excluding carboxylic acids is 2. The fraction of sp³-hybridized carbons (Fsp3) is 0.875. The molecule has 0 aromatic heterocycles. The number of hydrogen-bond acceptors (Lipinski definition) is 3. The Kier molecular flexibility index (Phi) is 4.77. The van der Waals surface area contributed by atoms with Gasteiger partial charge in [0, 0.05) is 25.6 Å². The van der Waals surface area contributed by atoms with Crippen LogP contribution in [0.5, 0.6) is 0 Å². The first-order valence-corrected chi connectivity index (χ1v) is 8.62. The van der Waals surface area contributed by atoms with Crippen LogP contribution >= 0.6 is 0 Å². The van der Waals surface area contributed by atoms with E-state index in [1.807, 2.05) is 0 Å². The van der Waals surface area contributed by atoms with E-state index in [1.54, 1.807) is 7.05 Å². The third-order valence-corrected chi connectivity index (χ3v) is 5.76. The lowest BCUT2D eigenvalue weighted by Gasteiger charge is -2.46. The quantitative estimate of drug-likeness (QED) is 0.842. The van der Waals surface area contributed by atoms with Crippen LogP contribution in [0, 0.1) is 5.92 Å². The molecule has 2 heterocycles. The summed E-state index contributed by atoms with van der Waals surface area (Å²) >= 11 is 0. The zero-order chi connectivity index (χ0) is 17.5. The molecule has 3 aliphatic rings. The second kappa shape index (κ2) is 6.54. The molecule has 8 heteroatoms. The minimum absolute atomic E-state index is 0.00540. The first-order chi connectivity index (χ1) is 11.3. The van der Waals surface area contributed by atoms with Crippen molar-refractivity contribution < 1.29 is 22.8 Å². The maximum Gasteiger partial charge on any atom is 0.391 e. The van der Waals surface area contributed by atoms with Crippen molar-refractivity contribution in [2.45, 2.75) is 62.8 Å². The minimum atomic E-state index is -4.08. The summed E-state index contributed by atoms with van der Waals surface area (Å²) in [5, 5.41) is 2.97. The lowest BCUT2D eigenvalue weighted by atomic mass is 9.83. The van der Waals surface area contributed by atoms with Gasteiger partial charge >= 0.3 is 6.18 Å². The Balaban J connectivity index is 1.39. The number of likely N-dealkylation sites (tertiary alicyclic amines) is 2. The van der Waals surface area contributed by atoms with Crippen LogP contribution in [-0.2, 0) is 9.59 Å². The molecule has 0 radical (unpaired) electrons. The number of halogens is 3. The van der Waals surface area contributed by atoms with Crippen LogP contribution in [0.25, 0.3) is 0 Å². The molecule has 1 atom stereocenters. The lowest BCUT2D eigenvalue weighted by molar-refractivity contribution is -0.187. The Morgan fingerprint density at radius 1 is 1.17 bits per heavy atom. The fourth-order valence-corrected chi connectivity index (χ4v) is 4.00. The molecule has 1 N–H and O–H groups in total. The smallest absolute Gasteiger partial charge is 0.351 e. The van der Waals surface area contributed by atoms with Gasteiger partial charge in [0.25, 0.3) is 0 Å². The molecule has 0 bridgehead atoms. The van der Waals surface area contributed by atoms with E-state index < -0.39 is 12.1 Å². The van der Waals surface area contributed by atoms with Crippen molar-refractivity contribution in [3.05, 3.63) is 0 Å². The van der Waals surface area contributed by atoms with Crippen LogP contribution in [0.3, 0.4) is 0 Å². The van der Waals surface area contributed by atoms with Crippen LogP contribution in [0.4, 0.5) is 13.2 Å². The predicted molar refractivity (Wildman–Crippen MR) is 81.1 cm³/mol. The van der Waals surface area contributed by atoms with Gasteiger partial charge in [-0.1, -0.05) is 0 Å². The Morgan fingerprint density at radius 2 is 1.79 bits per heavy atom. The molecular formula is C16H24F3N3O2. The van der Waals surface area contributed by atoms with Gasteiger partial charge in [0.1, 0.15) is 6.04 Å². The number of nitrogens with one attached hydrogen (secondary N) is 1. The molecule has 3 fully saturated rings. The lowest BCUT2D eigenvalue weighted by Crippen LogP contribution is -2.57. The summed E-state index contributed by atoms with van der Waals surface area (Å²) in [6, 6.07) is -0.0292. The Labute approximate surface area is 139 Å². The number of nitrogens with zero attached hydrogens (tertiary/aromatic N) is 2. The van der Waals surface area contributed by atoms with Crippen LogP contribution in [0.2, 0.25) is 0 Å². The molecule has 2 saturated heterocycles. The number of hydrogen-bond donors (Lipinski definition) is 1. The van der Waals surface area contributed by atoms with E-state index in [4.69, 9.17) is 0 Å². The molecule has 1 aliphatic carbocycles. The van der Waals surface area contributed by atoms with E-state index in [2.05, 4.69) is 10.2 Å². The molecule has 3 rings (SSSR count). The summed E-state index contributed by atoms with van der Waals surface area (Å²) in [5.74, 6) is -1.28. The van der Waals surface area contributed by atoms with Gasteiger partial charge in [-0.05, 0) is 45.2 Å². The molecule has 1 saturated carbocycles. The highest BCUT2D eigenvalue weighted by molar-refractivity contribution is 5.90. The van der Waals surface area contributed by atoms with Crippen molar-refractivity contribution in [2.75, 3.05) is 20.1 Å². The molecular weight excluding hydrogens is 323 g/mol. The molecule has 0 aromatic carbocycles. The standard InChI is InChI=1S/C16H24F3N3O2/c1-21-13(2-3-14(21)23)15(24)20-11-8-12(9-11)22-6-4-10(5-7-22)16(17,18)19/h10-13H,2-9H2,1H3,(H,20,24). The highest BCUT2D eigenvalue weighted by atomic mass is 19.4. The molecule has 1 unspecified atom stereocenters. The van der Waals surface area contributed by atoms with Crippen molar-refractivity contribution in [1.82, 2.24) is 15.1 Å². The third kappa shape index (κ3) is 3.53. The molecule has 0 aromatic rings. The van der Waals surface area contributed by atoms with Gasteiger partial charge in [0.15, 0.2) is 0 Å². The van der Waals surface area contributed by atoms with Crippen molar-refractivity contribution in [1.29, 1.82) is 0 Å². The first-order valence-electron chi connectivity index (χ1n) is 8.62. The van der Waals surface area contributed by atoms with Crippen LogP contribution in [-0.4, -0.2) is 66.1 Å². The zero-order valence-corrected chi connectivity index (χ0v) is 13.8. The third-order valence-electron chi connectivity index (χ3n) is 5.76. The average Bonchev–Trinajstić information content (AvgIpc) is 2.81. The number of rotatable bonds is 3. The number of piperidine rings is 1. The SMILES string of the molecule is CN1C(=O)CCC1C(=O)NC1CC(N2CCC(C(F)(F)F)CC2)C1. The summed E-state index contributed by atoms with van der Waals surface area (Å²) in [7, 11) is 1.65. The number of amides is 2. The van der Waals surface area contributed by atoms with E-state index >= 15 is 0 Å². The normalized spacial score (nSPS) is 32.8. The van der Waals surface area contributed by atoms with E-state index in [0.29, 0.717) is 25.9 Å². The van der Waals surface area contributed by atoms with E-state index in [0.717, 1.165) is 12.8 Å². The molecule has 2 aliphatic heterocycles. The van der Waals surface area contributed by atoms with Gasteiger partial charge in [0.05, 0.1) is 5.92 Å². The number of likely N-dealkylation sites (N-methyl/N-ethyl adjacent to an activating group) is 1.